The maximum atomic E-state index is 5.15. The van der Waals surface area contributed by atoms with Crippen molar-refractivity contribution in [2.45, 2.75) is 13.3 Å². The van der Waals surface area contributed by atoms with Crippen LogP contribution in [0.25, 0.3) is 11.0 Å². The van der Waals surface area contributed by atoms with Crippen molar-refractivity contribution in [1.29, 1.82) is 0 Å². The second-order valence-electron chi connectivity index (χ2n) is 2.85. The van der Waals surface area contributed by atoms with Crippen LogP contribution in [0.1, 0.15) is 12.5 Å². The molecule has 0 aliphatic rings. The van der Waals surface area contributed by atoms with E-state index in [0.717, 1.165) is 23.1 Å². The molecule has 0 aliphatic carbocycles. The SMILES string of the molecule is CCc1ccc(OC)c2oncc12. The highest BCUT2D eigenvalue weighted by Gasteiger charge is 2.08. The fourth-order valence-electron chi connectivity index (χ4n) is 1.46. The minimum atomic E-state index is 0.738. The second kappa shape index (κ2) is 3.09. The Morgan fingerprint density at radius 3 is 3.00 bits per heavy atom. The molecule has 0 saturated heterocycles. The van der Waals surface area contributed by atoms with Crippen molar-refractivity contribution in [3.63, 3.8) is 0 Å². The van der Waals surface area contributed by atoms with Gasteiger partial charge in [-0.3, -0.25) is 0 Å². The summed E-state index contributed by atoms with van der Waals surface area (Å²) in [4.78, 5) is 0. The first-order valence-electron chi connectivity index (χ1n) is 4.27. The van der Waals surface area contributed by atoms with Crippen molar-refractivity contribution in [3.8, 4) is 5.75 Å². The van der Waals surface area contributed by atoms with Gasteiger partial charge >= 0.3 is 0 Å². The summed E-state index contributed by atoms with van der Waals surface area (Å²) in [5.41, 5.74) is 1.97. The minimum Gasteiger partial charge on any atom is -0.493 e. The lowest BCUT2D eigenvalue weighted by Crippen LogP contribution is -1.86. The number of fused-ring (bicyclic) bond motifs is 1. The van der Waals surface area contributed by atoms with E-state index in [4.69, 9.17) is 9.26 Å². The Labute approximate surface area is 76.3 Å². The molecule has 68 valence electrons. The second-order valence-corrected chi connectivity index (χ2v) is 2.85. The molecule has 0 unspecified atom stereocenters. The number of hydrogen-bond donors (Lipinski definition) is 0. The Morgan fingerprint density at radius 1 is 1.46 bits per heavy atom. The average molecular weight is 177 g/mol. The van der Waals surface area contributed by atoms with Crippen LogP contribution in [0.15, 0.2) is 22.9 Å². The highest BCUT2D eigenvalue weighted by atomic mass is 16.5. The van der Waals surface area contributed by atoms with Gasteiger partial charge in [-0.2, -0.15) is 0 Å². The molecule has 0 N–H and O–H groups in total. The monoisotopic (exact) mass is 177 g/mol. The van der Waals surface area contributed by atoms with Crippen molar-refractivity contribution < 1.29 is 9.26 Å². The van der Waals surface area contributed by atoms with Crippen molar-refractivity contribution in [2.75, 3.05) is 7.11 Å². The fourth-order valence-corrected chi connectivity index (χ4v) is 1.46. The number of hydrogen-bond acceptors (Lipinski definition) is 3. The molecule has 0 aliphatic heterocycles. The van der Waals surface area contributed by atoms with Crippen molar-refractivity contribution in [2.24, 2.45) is 0 Å². The molecule has 2 rings (SSSR count). The molecule has 0 amide bonds. The Morgan fingerprint density at radius 2 is 2.31 bits per heavy atom. The van der Waals surface area contributed by atoms with Crippen molar-refractivity contribution in [1.82, 2.24) is 5.16 Å². The van der Waals surface area contributed by atoms with Crippen LogP contribution >= 0.6 is 0 Å². The molecule has 0 saturated carbocycles. The van der Waals surface area contributed by atoms with E-state index in [9.17, 15) is 0 Å². The summed E-state index contributed by atoms with van der Waals surface area (Å²) in [7, 11) is 1.63. The first kappa shape index (κ1) is 8.10. The lowest BCUT2D eigenvalue weighted by atomic mass is 10.1. The Bertz CT molecular complexity index is 382. The minimum absolute atomic E-state index is 0.738. The predicted molar refractivity (Wildman–Crippen MR) is 49.9 cm³/mol. The molecule has 3 heteroatoms. The van der Waals surface area contributed by atoms with E-state index in [0.29, 0.717) is 0 Å². The van der Waals surface area contributed by atoms with E-state index in [1.54, 1.807) is 13.3 Å². The van der Waals surface area contributed by atoms with Gasteiger partial charge in [0.05, 0.1) is 13.3 Å². The maximum Gasteiger partial charge on any atom is 0.208 e. The molecule has 0 atom stereocenters. The van der Waals surface area contributed by atoms with Gasteiger partial charge in [-0.15, -0.1) is 0 Å². The van der Waals surface area contributed by atoms with Gasteiger partial charge in [-0.25, -0.2) is 0 Å². The fraction of sp³-hybridized carbons (Fsp3) is 0.300. The molecule has 1 aromatic heterocycles. The van der Waals surface area contributed by atoms with E-state index < -0.39 is 0 Å². The van der Waals surface area contributed by atoms with Crippen LogP contribution in [0.2, 0.25) is 0 Å². The third-order valence-corrected chi connectivity index (χ3v) is 2.18. The third-order valence-electron chi connectivity index (χ3n) is 2.18. The molecule has 0 radical (unpaired) electrons. The molecule has 1 aromatic carbocycles. The summed E-state index contributed by atoms with van der Waals surface area (Å²) >= 11 is 0. The third kappa shape index (κ3) is 1.16. The summed E-state index contributed by atoms with van der Waals surface area (Å²) in [6.07, 6.45) is 2.71. The standard InChI is InChI=1S/C10H11NO2/c1-3-7-4-5-9(12-2)10-8(7)6-11-13-10/h4-6H,3H2,1-2H3. The maximum absolute atomic E-state index is 5.15. The van der Waals surface area contributed by atoms with Crippen molar-refractivity contribution in [3.05, 3.63) is 23.9 Å². The van der Waals surface area contributed by atoms with Gasteiger partial charge in [0.2, 0.25) is 5.58 Å². The number of methoxy groups -OCH3 is 1. The van der Waals surface area contributed by atoms with Crippen LogP contribution in [0.3, 0.4) is 0 Å². The predicted octanol–water partition coefficient (Wildman–Crippen LogP) is 2.40. The zero-order chi connectivity index (χ0) is 9.26. The molecular weight excluding hydrogens is 166 g/mol. The van der Waals surface area contributed by atoms with Crippen LogP contribution < -0.4 is 4.74 Å². The molecule has 3 nitrogen and oxygen atoms in total. The number of ether oxygens (including phenoxy) is 1. The number of aromatic nitrogens is 1. The van der Waals surface area contributed by atoms with Gasteiger partial charge in [0.15, 0.2) is 5.75 Å². The number of nitrogens with zero attached hydrogens (tertiary/aromatic N) is 1. The summed E-state index contributed by atoms with van der Waals surface area (Å²) < 4.78 is 10.3. The van der Waals surface area contributed by atoms with Crippen LogP contribution in [0.4, 0.5) is 0 Å². The lowest BCUT2D eigenvalue weighted by Gasteiger charge is -2.02. The Balaban J connectivity index is 2.74. The van der Waals surface area contributed by atoms with Crippen molar-refractivity contribution >= 4 is 11.0 Å². The quantitative estimate of drug-likeness (QED) is 0.706. The molecule has 13 heavy (non-hydrogen) atoms. The molecule has 0 fully saturated rings. The van der Waals surface area contributed by atoms with Crippen LogP contribution in [0.5, 0.6) is 5.75 Å². The van der Waals surface area contributed by atoms with Gasteiger partial charge in [-0.05, 0) is 18.1 Å². The van der Waals surface area contributed by atoms with Gasteiger partial charge in [0, 0.05) is 5.39 Å². The highest BCUT2D eigenvalue weighted by molar-refractivity contribution is 5.85. The molecule has 2 aromatic rings. The average Bonchev–Trinajstić information content (AvgIpc) is 2.64. The smallest absolute Gasteiger partial charge is 0.208 e. The number of benzene rings is 1. The zero-order valence-corrected chi connectivity index (χ0v) is 7.70. The highest BCUT2D eigenvalue weighted by Crippen LogP contribution is 2.28. The summed E-state index contributed by atoms with van der Waals surface area (Å²) in [6, 6.07) is 3.95. The largest absolute Gasteiger partial charge is 0.493 e. The summed E-state index contributed by atoms with van der Waals surface area (Å²) in [5.74, 6) is 0.740. The number of aryl methyl sites for hydroxylation is 1. The van der Waals surface area contributed by atoms with Gasteiger partial charge in [0.25, 0.3) is 0 Å². The van der Waals surface area contributed by atoms with Crippen LogP contribution in [-0.2, 0) is 6.42 Å². The van der Waals surface area contributed by atoms with Gasteiger partial charge in [0.1, 0.15) is 0 Å². The molecular formula is C10H11NO2. The lowest BCUT2D eigenvalue weighted by molar-refractivity contribution is 0.393. The van der Waals surface area contributed by atoms with Gasteiger partial charge < -0.3 is 9.26 Å². The van der Waals surface area contributed by atoms with E-state index >= 15 is 0 Å². The summed E-state index contributed by atoms with van der Waals surface area (Å²) in [5, 5.41) is 4.81. The Kier molecular flexibility index (Phi) is 1.93. The van der Waals surface area contributed by atoms with E-state index in [1.807, 2.05) is 12.1 Å². The first-order chi connectivity index (χ1) is 6.36. The zero-order valence-electron chi connectivity index (χ0n) is 7.70. The van der Waals surface area contributed by atoms with Crippen LogP contribution in [0, 0.1) is 0 Å². The van der Waals surface area contributed by atoms with Gasteiger partial charge in [-0.1, -0.05) is 18.1 Å². The molecule has 1 heterocycles. The van der Waals surface area contributed by atoms with Crippen LogP contribution in [-0.4, -0.2) is 12.3 Å². The topological polar surface area (TPSA) is 35.3 Å². The van der Waals surface area contributed by atoms with E-state index in [2.05, 4.69) is 12.1 Å². The molecule has 0 spiro atoms. The van der Waals surface area contributed by atoms with E-state index in [-0.39, 0.29) is 0 Å². The molecule has 0 bridgehead atoms. The normalized spacial score (nSPS) is 10.6. The Hall–Kier alpha value is -1.51. The summed E-state index contributed by atoms with van der Waals surface area (Å²) in [6.45, 7) is 2.11. The van der Waals surface area contributed by atoms with E-state index in [1.165, 1.54) is 5.56 Å². The first-order valence-corrected chi connectivity index (χ1v) is 4.27. The number of rotatable bonds is 2.